The molecular formula is C18H16Br2FNO2. The normalized spacial score (nSPS) is 16.6. The number of amides is 1. The maximum Gasteiger partial charge on any atom is 0.235 e. The molecule has 0 atom stereocenters. The van der Waals surface area contributed by atoms with Crippen LogP contribution in [0, 0.1) is 5.82 Å². The zero-order valence-corrected chi connectivity index (χ0v) is 16.0. The van der Waals surface area contributed by atoms with E-state index in [4.69, 9.17) is 4.74 Å². The van der Waals surface area contributed by atoms with Crippen LogP contribution in [0.4, 0.5) is 10.1 Å². The van der Waals surface area contributed by atoms with Gasteiger partial charge in [0.05, 0.1) is 11.1 Å². The summed E-state index contributed by atoms with van der Waals surface area (Å²) in [7, 11) is 0. The Hall–Kier alpha value is -1.24. The summed E-state index contributed by atoms with van der Waals surface area (Å²) in [6.45, 7) is 1.01. The van der Waals surface area contributed by atoms with Gasteiger partial charge in [-0.05, 0) is 64.7 Å². The fourth-order valence-electron chi connectivity index (χ4n) is 2.97. The number of anilines is 1. The molecular weight excluding hydrogens is 441 g/mol. The molecule has 1 amide bonds. The van der Waals surface area contributed by atoms with Crippen molar-refractivity contribution in [2.45, 2.75) is 18.3 Å². The Morgan fingerprint density at radius 2 is 1.75 bits per heavy atom. The summed E-state index contributed by atoms with van der Waals surface area (Å²) in [6, 6.07) is 11.8. The maximum absolute atomic E-state index is 13.3. The highest BCUT2D eigenvalue weighted by Crippen LogP contribution is 2.37. The molecule has 1 aliphatic rings. The topological polar surface area (TPSA) is 38.3 Å². The lowest BCUT2D eigenvalue weighted by Gasteiger charge is -2.36. The quantitative estimate of drug-likeness (QED) is 0.702. The zero-order chi connectivity index (χ0) is 17.2. The SMILES string of the molecule is O=C(Nc1ccc(Br)cc1Br)C1(c2ccc(F)cc2)CCOCC1. The van der Waals surface area contributed by atoms with Crippen LogP contribution in [0.3, 0.4) is 0 Å². The summed E-state index contributed by atoms with van der Waals surface area (Å²) in [5.74, 6) is -0.405. The molecule has 0 radical (unpaired) electrons. The molecule has 2 aromatic carbocycles. The van der Waals surface area contributed by atoms with Gasteiger partial charge in [-0.1, -0.05) is 28.1 Å². The Kier molecular flexibility index (Phi) is 5.37. The first-order chi connectivity index (χ1) is 11.5. The van der Waals surface area contributed by atoms with Gasteiger partial charge in [0.25, 0.3) is 0 Å². The van der Waals surface area contributed by atoms with Crippen molar-refractivity contribution in [3.05, 3.63) is 62.8 Å². The molecule has 3 nitrogen and oxygen atoms in total. The number of ether oxygens (including phenoxy) is 1. The molecule has 0 spiro atoms. The second kappa shape index (κ2) is 7.33. The van der Waals surface area contributed by atoms with Gasteiger partial charge in [-0.15, -0.1) is 0 Å². The van der Waals surface area contributed by atoms with E-state index >= 15 is 0 Å². The molecule has 0 bridgehead atoms. The number of carbonyl (C=O) groups excluding carboxylic acids is 1. The summed E-state index contributed by atoms with van der Waals surface area (Å²) in [5.41, 5.74) is 0.812. The number of benzene rings is 2. The third-order valence-electron chi connectivity index (χ3n) is 4.36. The molecule has 126 valence electrons. The first-order valence-electron chi connectivity index (χ1n) is 7.61. The second-order valence-electron chi connectivity index (χ2n) is 5.78. The second-order valence-corrected chi connectivity index (χ2v) is 7.55. The fourth-order valence-corrected chi connectivity index (χ4v) is 4.11. The van der Waals surface area contributed by atoms with Crippen LogP contribution in [0.5, 0.6) is 0 Å². The lowest BCUT2D eigenvalue weighted by molar-refractivity contribution is -0.125. The van der Waals surface area contributed by atoms with Gasteiger partial charge in [-0.2, -0.15) is 0 Å². The molecule has 6 heteroatoms. The minimum absolute atomic E-state index is 0.0968. The number of hydrogen-bond donors (Lipinski definition) is 1. The van der Waals surface area contributed by atoms with E-state index < -0.39 is 5.41 Å². The largest absolute Gasteiger partial charge is 0.381 e. The van der Waals surface area contributed by atoms with Crippen LogP contribution < -0.4 is 5.32 Å². The predicted molar refractivity (Wildman–Crippen MR) is 98.6 cm³/mol. The van der Waals surface area contributed by atoms with Gasteiger partial charge < -0.3 is 10.1 Å². The van der Waals surface area contributed by atoms with E-state index in [0.29, 0.717) is 31.7 Å². The minimum Gasteiger partial charge on any atom is -0.381 e. The van der Waals surface area contributed by atoms with E-state index in [1.165, 1.54) is 12.1 Å². The summed E-state index contributed by atoms with van der Waals surface area (Å²) in [6.07, 6.45) is 1.14. The van der Waals surface area contributed by atoms with Crippen molar-refractivity contribution < 1.29 is 13.9 Å². The highest BCUT2D eigenvalue weighted by atomic mass is 79.9. The number of halogens is 3. The van der Waals surface area contributed by atoms with Crippen LogP contribution >= 0.6 is 31.9 Å². The van der Waals surface area contributed by atoms with Gasteiger partial charge in [0.15, 0.2) is 0 Å². The summed E-state index contributed by atoms with van der Waals surface area (Å²) >= 11 is 6.86. The third-order valence-corrected chi connectivity index (χ3v) is 5.51. The lowest BCUT2D eigenvalue weighted by Crippen LogP contribution is -2.44. The molecule has 0 unspecified atom stereocenters. The van der Waals surface area contributed by atoms with Gasteiger partial charge >= 0.3 is 0 Å². The average Bonchev–Trinajstić information content (AvgIpc) is 2.58. The van der Waals surface area contributed by atoms with Gasteiger partial charge in [0.1, 0.15) is 5.82 Å². The Bertz CT molecular complexity index is 743. The molecule has 0 aromatic heterocycles. The molecule has 1 fully saturated rings. The summed E-state index contributed by atoms with van der Waals surface area (Å²) in [4.78, 5) is 13.1. The highest BCUT2D eigenvalue weighted by Gasteiger charge is 2.41. The molecule has 2 aromatic rings. The van der Waals surface area contributed by atoms with Crippen LogP contribution in [0.15, 0.2) is 51.4 Å². The van der Waals surface area contributed by atoms with Crippen LogP contribution in [0.25, 0.3) is 0 Å². The Balaban J connectivity index is 1.93. The van der Waals surface area contributed by atoms with Crippen LogP contribution in [-0.2, 0) is 14.9 Å². The van der Waals surface area contributed by atoms with Crippen molar-refractivity contribution in [3.8, 4) is 0 Å². The first-order valence-corrected chi connectivity index (χ1v) is 9.20. The number of nitrogens with one attached hydrogen (secondary N) is 1. The van der Waals surface area contributed by atoms with Crippen LogP contribution in [0.1, 0.15) is 18.4 Å². The lowest BCUT2D eigenvalue weighted by atomic mass is 9.73. The van der Waals surface area contributed by atoms with E-state index in [2.05, 4.69) is 37.2 Å². The predicted octanol–water partition coefficient (Wildman–Crippen LogP) is 5.04. The average molecular weight is 457 g/mol. The van der Waals surface area contributed by atoms with E-state index in [-0.39, 0.29) is 11.7 Å². The van der Waals surface area contributed by atoms with Crippen molar-refractivity contribution in [2.24, 2.45) is 0 Å². The molecule has 1 saturated heterocycles. The molecule has 1 heterocycles. The van der Waals surface area contributed by atoms with Crippen molar-refractivity contribution in [2.75, 3.05) is 18.5 Å². The molecule has 0 saturated carbocycles. The highest BCUT2D eigenvalue weighted by molar-refractivity contribution is 9.11. The van der Waals surface area contributed by atoms with E-state index in [1.54, 1.807) is 12.1 Å². The minimum atomic E-state index is -0.710. The van der Waals surface area contributed by atoms with Crippen molar-refractivity contribution >= 4 is 43.5 Å². The van der Waals surface area contributed by atoms with E-state index in [9.17, 15) is 9.18 Å². The van der Waals surface area contributed by atoms with Crippen molar-refractivity contribution in [1.82, 2.24) is 0 Å². The van der Waals surface area contributed by atoms with Crippen LogP contribution in [0.2, 0.25) is 0 Å². The van der Waals surface area contributed by atoms with Crippen molar-refractivity contribution in [3.63, 3.8) is 0 Å². The van der Waals surface area contributed by atoms with Crippen molar-refractivity contribution in [1.29, 1.82) is 0 Å². The van der Waals surface area contributed by atoms with E-state index in [1.807, 2.05) is 18.2 Å². The molecule has 1 aliphatic heterocycles. The monoisotopic (exact) mass is 455 g/mol. The Morgan fingerprint density at radius 1 is 1.08 bits per heavy atom. The van der Waals surface area contributed by atoms with Gasteiger partial charge in [-0.25, -0.2) is 4.39 Å². The summed E-state index contributed by atoms with van der Waals surface area (Å²) < 4.78 is 20.4. The number of rotatable bonds is 3. The van der Waals surface area contributed by atoms with Crippen LogP contribution in [-0.4, -0.2) is 19.1 Å². The molecule has 1 N–H and O–H groups in total. The summed E-state index contributed by atoms with van der Waals surface area (Å²) in [5, 5.41) is 3.01. The fraction of sp³-hybridized carbons (Fsp3) is 0.278. The van der Waals surface area contributed by atoms with E-state index in [0.717, 1.165) is 14.5 Å². The smallest absolute Gasteiger partial charge is 0.235 e. The maximum atomic E-state index is 13.3. The van der Waals surface area contributed by atoms with Gasteiger partial charge in [0.2, 0.25) is 5.91 Å². The molecule has 24 heavy (non-hydrogen) atoms. The van der Waals surface area contributed by atoms with Gasteiger partial charge in [0, 0.05) is 22.2 Å². The number of carbonyl (C=O) groups is 1. The Morgan fingerprint density at radius 3 is 2.38 bits per heavy atom. The van der Waals surface area contributed by atoms with Gasteiger partial charge in [-0.3, -0.25) is 4.79 Å². The molecule has 0 aliphatic carbocycles. The standard InChI is InChI=1S/C18H16Br2FNO2/c19-13-3-6-16(15(20)11-13)22-17(23)18(7-9-24-10-8-18)12-1-4-14(21)5-2-12/h1-6,11H,7-10H2,(H,22,23). The molecule has 3 rings (SSSR count). The zero-order valence-electron chi connectivity index (χ0n) is 12.8. The first kappa shape index (κ1) is 17.6. The number of hydrogen-bond acceptors (Lipinski definition) is 2. The Labute approximate surface area is 156 Å². The third kappa shape index (κ3) is 3.55.